The highest BCUT2D eigenvalue weighted by Gasteiger charge is 2.69. The molecule has 2 saturated carbocycles. The normalized spacial score (nSPS) is 31.7. The summed E-state index contributed by atoms with van der Waals surface area (Å²) in [5.41, 5.74) is -0.270. The molecular weight excluding hydrogens is 541 g/mol. The summed E-state index contributed by atoms with van der Waals surface area (Å²) in [5.74, 6) is -4.81. The number of halogens is 3. The Bertz CT molecular complexity index is 1140. The van der Waals surface area contributed by atoms with E-state index in [1.165, 1.54) is 4.90 Å². The van der Waals surface area contributed by atoms with Gasteiger partial charge in [0.15, 0.2) is 0 Å². The molecule has 2 heterocycles. The van der Waals surface area contributed by atoms with Crippen LogP contribution >= 0.6 is 0 Å². The van der Waals surface area contributed by atoms with Crippen LogP contribution in [0.1, 0.15) is 52.4 Å². The summed E-state index contributed by atoms with van der Waals surface area (Å²) in [6.45, 7) is 4.62. The van der Waals surface area contributed by atoms with Gasteiger partial charge in [-0.05, 0) is 55.3 Å². The van der Waals surface area contributed by atoms with Crippen LogP contribution in [-0.4, -0.2) is 90.8 Å². The quantitative estimate of drug-likeness (QED) is 0.293. The molecule has 2 aliphatic heterocycles. The standard InChI is InChI=1S/C28H39F3N6O4/c1-27(2)19-14-37(22(20(19)27)24(39)34-18(12-32)11-17-8-9-33-23(17)38)25(40)21(35-26(41)28(29,30)31)16-7-5-6-15(10-16)13-36(3)4/h13,15-22H,5-11,14H2,1-4H3,(H2-,33,34,35,38,39,41)/p+1/t15?,16?,17-,18-,19-,20-,21-,22-/m0/s1. The van der Waals surface area contributed by atoms with Crippen molar-refractivity contribution in [3.8, 4) is 6.07 Å². The smallest absolute Gasteiger partial charge is 0.356 e. The fourth-order valence-electron chi connectivity index (χ4n) is 7.28. The van der Waals surface area contributed by atoms with E-state index in [2.05, 4.69) is 10.6 Å². The topological polar surface area (TPSA) is 134 Å². The molecule has 0 aromatic rings. The monoisotopic (exact) mass is 581 g/mol. The zero-order valence-corrected chi connectivity index (χ0v) is 24.0. The molecule has 2 aliphatic carbocycles. The number of carbonyl (C=O) groups is 4. The van der Waals surface area contributed by atoms with Gasteiger partial charge in [0, 0.05) is 24.9 Å². The van der Waals surface area contributed by atoms with Crippen molar-refractivity contribution in [2.75, 3.05) is 27.2 Å². The number of carbonyl (C=O) groups excluding carboxylic acids is 4. The first-order valence-electron chi connectivity index (χ1n) is 14.3. The molecule has 0 aromatic carbocycles. The van der Waals surface area contributed by atoms with Gasteiger partial charge in [-0.15, -0.1) is 0 Å². The molecule has 0 aromatic heterocycles. The van der Waals surface area contributed by atoms with E-state index in [-0.39, 0.29) is 42.0 Å². The summed E-state index contributed by atoms with van der Waals surface area (Å²) in [6, 6.07) is -1.36. The number of alkyl halides is 3. The van der Waals surface area contributed by atoms with Gasteiger partial charge in [0.2, 0.25) is 17.7 Å². The molecule has 2 saturated heterocycles. The van der Waals surface area contributed by atoms with Gasteiger partial charge >= 0.3 is 12.1 Å². The highest BCUT2D eigenvalue weighted by atomic mass is 19.4. The molecule has 3 N–H and O–H groups in total. The lowest BCUT2D eigenvalue weighted by atomic mass is 9.77. The van der Waals surface area contributed by atoms with E-state index in [0.717, 1.165) is 6.42 Å². The third kappa shape index (κ3) is 6.51. The van der Waals surface area contributed by atoms with Gasteiger partial charge < -0.3 is 20.9 Å². The summed E-state index contributed by atoms with van der Waals surface area (Å²) in [4.78, 5) is 53.1. The largest absolute Gasteiger partial charge is 0.471 e. The number of hydrogen-bond donors (Lipinski definition) is 3. The van der Waals surface area contributed by atoms with Crippen LogP contribution in [0.3, 0.4) is 0 Å². The van der Waals surface area contributed by atoms with Crippen LogP contribution in [-0.2, 0) is 19.2 Å². The number of piperidine rings is 1. The van der Waals surface area contributed by atoms with E-state index in [0.29, 0.717) is 32.2 Å². The Kier molecular flexibility index (Phi) is 8.71. The second-order valence-corrected chi connectivity index (χ2v) is 12.8. The number of nitrogens with zero attached hydrogens (tertiary/aromatic N) is 3. The minimum Gasteiger partial charge on any atom is -0.356 e. The van der Waals surface area contributed by atoms with Crippen LogP contribution in [0.2, 0.25) is 0 Å². The van der Waals surface area contributed by atoms with Crippen molar-refractivity contribution >= 4 is 29.8 Å². The van der Waals surface area contributed by atoms with E-state index in [4.69, 9.17) is 0 Å². The number of rotatable bonds is 8. The molecule has 0 spiro atoms. The van der Waals surface area contributed by atoms with Crippen LogP contribution in [0.15, 0.2) is 0 Å². The van der Waals surface area contributed by atoms with Crippen LogP contribution in [0.4, 0.5) is 13.2 Å². The molecule has 2 unspecified atom stereocenters. The predicted octanol–water partition coefficient (Wildman–Crippen LogP) is 1.20. The molecule has 0 radical (unpaired) electrons. The number of amides is 4. The van der Waals surface area contributed by atoms with Crippen molar-refractivity contribution in [2.45, 2.75) is 76.7 Å². The lowest BCUT2D eigenvalue weighted by molar-refractivity contribution is -0.462. The van der Waals surface area contributed by atoms with E-state index in [9.17, 15) is 37.6 Å². The van der Waals surface area contributed by atoms with Gasteiger partial charge in [0.05, 0.1) is 6.07 Å². The van der Waals surface area contributed by atoms with Crippen LogP contribution in [0.25, 0.3) is 0 Å². The van der Waals surface area contributed by atoms with Gasteiger partial charge in [0.25, 0.3) is 0 Å². The first-order valence-corrected chi connectivity index (χ1v) is 14.3. The Labute approximate surface area is 238 Å². The van der Waals surface area contributed by atoms with Gasteiger partial charge in [-0.1, -0.05) is 20.3 Å². The molecule has 13 heteroatoms. The van der Waals surface area contributed by atoms with E-state index in [1.54, 1.807) is 0 Å². The number of nitrogens with one attached hydrogen (secondary N) is 3. The Morgan fingerprint density at radius 2 is 1.93 bits per heavy atom. The van der Waals surface area contributed by atoms with Gasteiger partial charge in [0.1, 0.15) is 38.4 Å². The molecule has 4 rings (SSSR count). The van der Waals surface area contributed by atoms with Crippen molar-refractivity contribution in [2.24, 2.45) is 35.0 Å². The third-order valence-electron chi connectivity index (χ3n) is 9.46. The molecule has 226 valence electrons. The zero-order valence-electron chi connectivity index (χ0n) is 24.0. The summed E-state index contributed by atoms with van der Waals surface area (Å²) in [6.07, 6.45) is -0.118. The molecule has 4 aliphatic rings. The second kappa shape index (κ2) is 11.6. The summed E-state index contributed by atoms with van der Waals surface area (Å²) < 4.78 is 41.9. The maximum atomic E-state index is 14.0. The maximum absolute atomic E-state index is 14.0. The number of fused-ring (bicyclic) bond motifs is 1. The minimum absolute atomic E-state index is 0.0380. The molecule has 8 atom stereocenters. The fourth-order valence-corrected chi connectivity index (χ4v) is 7.28. The van der Waals surface area contributed by atoms with Crippen LogP contribution in [0.5, 0.6) is 0 Å². The van der Waals surface area contributed by atoms with E-state index < -0.39 is 53.9 Å². The van der Waals surface area contributed by atoms with Crippen molar-refractivity contribution in [1.29, 1.82) is 5.26 Å². The maximum Gasteiger partial charge on any atom is 0.471 e. The lowest BCUT2D eigenvalue weighted by Gasteiger charge is -2.38. The fraction of sp³-hybridized carbons (Fsp3) is 0.786. The van der Waals surface area contributed by atoms with Crippen molar-refractivity contribution in [1.82, 2.24) is 20.9 Å². The highest BCUT2D eigenvalue weighted by Crippen LogP contribution is 2.65. The van der Waals surface area contributed by atoms with Crippen LogP contribution < -0.4 is 16.0 Å². The Hall–Kier alpha value is -3.17. The highest BCUT2D eigenvalue weighted by molar-refractivity contribution is 5.94. The van der Waals surface area contributed by atoms with E-state index in [1.807, 2.05) is 50.1 Å². The second-order valence-electron chi connectivity index (χ2n) is 12.8. The molecule has 41 heavy (non-hydrogen) atoms. The lowest BCUT2D eigenvalue weighted by Crippen LogP contribution is -2.60. The minimum atomic E-state index is -5.17. The van der Waals surface area contributed by atoms with Gasteiger partial charge in [-0.25, -0.2) is 4.58 Å². The predicted molar refractivity (Wildman–Crippen MR) is 141 cm³/mol. The van der Waals surface area contributed by atoms with E-state index >= 15 is 0 Å². The van der Waals surface area contributed by atoms with Crippen LogP contribution in [0, 0.1) is 46.3 Å². The summed E-state index contributed by atoms with van der Waals surface area (Å²) in [7, 11) is 3.71. The average Bonchev–Trinajstić information content (AvgIpc) is 3.24. The Morgan fingerprint density at radius 1 is 1.22 bits per heavy atom. The van der Waals surface area contributed by atoms with Crippen molar-refractivity contribution in [3.05, 3.63) is 0 Å². The third-order valence-corrected chi connectivity index (χ3v) is 9.46. The molecule has 0 bridgehead atoms. The van der Waals surface area contributed by atoms with Gasteiger partial charge in [-0.2, -0.15) is 18.4 Å². The van der Waals surface area contributed by atoms with Gasteiger partial charge in [-0.3, -0.25) is 19.2 Å². The Morgan fingerprint density at radius 3 is 2.51 bits per heavy atom. The molecular formula is C28H40F3N6O4+. The summed E-state index contributed by atoms with van der Waals surface area (Å²) >= 11 is 0. The molecule has 10 nitrogen and oxygen atoms in total. The average molecular weight is 582 g/mol. The zero-order chi connectivity index (χ0) is 30.3. The first kappa shape index (κ1) is 30.8. The summed E-state index contributed by atoms with van der Waals surface area (Å²) in [5, 5.41) is 17.1. The molecule has 4 fully saturated rings. The van der Waals surface area contributed by atoms with Crippen molar-refractivity contribution in [3.63, 3.8) is 0 Å². The first-order chi connectivity index (χ1) is 19.1. The Balaban J connectivity index is 1.57. The van der Waals surface area contributed by atoms with Crippen molar-refractivity contribution < 1.29 is 36.9 Å². The number of hydrogen-bond acceptors (Lipinski definition) is 5. The number of likely N-dealkylation sites (tertiary alicyclic amines) is 1. The number of nitriles is 1. The molecule has 4 amide bonds. The SMILES string of the molecule is C[N+](C)=CC1CCCC([C@H](NC(=O)C(F)(F)F)C(=O)N2C[C@H]3[C@@H]([C@H]2C(=O)N[C@H](C#N)C[C@@H]2CCNC2=O)C3(C)C)C1.